The molecular weight excluding hydrogens is 540 g/mol. The topological polar surface area (TPSA) is 0 Å². The highest BCUT2D eigenvalue weighted by Gasteiger charge is 2.42. The highest BCUT2D eigenvalue weighted by molar-refractivity contribution is 5.17. The van der Waals surface area contributed by atoms with Gasteiger partial charge in [-0.25, -0.2) is 0 Å². The van der Waals surface area contributed by atoms with Crippen LogP contribution in [0.25, 0.3) is 0 Å². The molecular formula is C45H88. The van der Waals surface area contributed by atoms with Gasteiger partial charge in [0, 0.05) is 0 Å². The standard InChI is InChI=1S/C45H88/c1-5-9-13-17-21-25-29-33-37-44(38-34-30-26-22-18-14-10-6-2)41-42-45(43-44,39-35-31-27-23-19-15-11-7-3)40-36-32-28-24-20-16-12-8-4/h41-42H,5-40,43H2,1-4H3. The van der Waals surface area contributed by atoms with Crippen molar-refractivity contribution in [2.45, 2.75) is 265 Å². The fourth-order valence-corrected chi connectivity index (χ4v) is 8.55. The van der Waals surface area contributed by atoms with Crippen molar-refractivity contribution < 1.29 is 0 Å². The Morgan fingerprint density at radius 1 is 0.267 bits per heavy atom. The molecule has 0 aliphatic heterocycles. The Morgan fingerprint density at radius 2 is 0.444 bits per heavy atom. The van der Waals surface area contributed by atoms with E-state index in [2.05, 4.69) is 39.8 Å². The minimum atomic E-state index is 0.519. The number of hydrogen-bond acceptors (Lipinski definition) is 0. The number of hydrogen-bond donors (Lipinski definition) is 0. The normalized spacial score (nSPS) is 15.4. The van der Waals surface area contributed by atoms with Gasteiger partial charge in [0.1, 0.15) is 0 Å². The van der Waals surface area contributed by atoms with Gasteiger partial charge in [-0.3, -0.25) is 0 Å². The summed E-state index contributed by atoms with van der Waals surface area (Å²) in [7, 11) is 0. The molecule has 0 spiro atoms. The summed E-state index contributed by atoms with van der Waals surface area (Å²) in [6.07, 6.45) is 59.6. The average molecular weight is 629 g/mol. The Bertz CT molecular complexity index is 522. The first-order chi connectivity index (χ1) is 22.2. The molecule has 0 atom stereocenters. The van der Waals surface area contributed by atoms with Crippen LogP contribution in [0.1, 0.15) is 265 Å². The molecule has 0 saturated heterocycles. The first kappa shape index (κ1) is 42.8. The van der Waals surface area contributed by atoms with Crippen molar-refractivity contribution in [3.05, 3.63) is 12.2 Å². The Labute approximate surface area is 287 Å². The van der Waals surface area contributed by atoms with Gasteiger partial charge in [-0.05, 0) is 42.9 Å². The van der Waals surface area contributed by atoms with Gasteiger partial charge in [-0.2, -0.15) is 0 Å². The predicted octanol–water partition coefficient (Wildman–Crippen LogP) is 17.0. The van der Waals surface area contributed by atoms with E-state index in [1.165, 1.54) is 238 Å². The first-order valence-corrected chi connectivity index (χ1v) is 21.9. The summed E-state index contributed by atoms with van der Waals surface area (Å²) in [4.78, 5) is 0. The second-order valence-electron chi connectivity index (χ2n) is 16.1. The second kappa shape index (κ2) is 31.0. The van der Waals surface area contributed by atoms with E-state index in [1.807, 2.05) is 0 Å². The lowest BCUT2D eigenvalue weighted by atomic mass is 9.69. The van der Waals surface area contributed by atoms with Gasteiger partial charge in [-0.1, -0.05) is 245 Å². The van der Waals surface area contributed by atoms with E-state index >= 15 is 0 Å². The molecule has 0 radical (unpaired) electrons. The molecule has 268 valence electrons. The average Bonchev–Trinajstić information content (AvgIpc) is 3.41. The van der Waals surface area contributed by atoms with Crippen LogP contribution in [0.5, 0.6) is 0 Å². The molecule has 0 amide bonds. The van der Waals surface area contributed by atoms with Crippen molar-refractivity contribution in [1.29, 1.82) is 0 Å². The lowest BCUT2D eigenvalue weighted by Gasteiger charge is -2.36. The summed E-state index contributed by atoms with van der Waals surface area (Å²) in [5, 5.41) is 0. The third-order valence-electron chi connectivity index (χ3n) is 11.6. The van der Waals surface area contributed by atoms with Gasteiger partial charge >= 0.3 is 0 Å². The molecule has 0 fully saturated rings. The smallest absolute Gasteiger partial charge is 0.0110 e. The third-order valence-corrected chi connectivity index (χ3v) is 11.6. The largest absolute Gasteiger partial charge is 0.0817 e. The monoisotopic (exact) mass is 629 g/mol. The Kier molecular flexibility index (Phi) is 29.5. The zero-order valence-corrected chi connectivity index (χ0v) is 32.3. The number of rotatable bonds is 36. The summed E-state index contributed by atoms with van der Waals surface area (Å²) in [5.74, 6) is 0. The van der Waals surface area contributed by atoms with E-state index in [4.69, 9.17) is 0 Å². The van der Waals surface area contributed by atoms with Crippen LogP contribution >= 0.6 is 0 Å². The molecule has 1 rings (SSSR count). The molecule has 0 aromatic rings. The van der Waals surface area contributed by atoms with Gasteiger partial charge in [0.2, 0.25) is 0 Å². The SMILES string of the molecule is CCCCCCCCCCC1(CCCCCCCCCC)C=CC(CCCCCCCCCC)(CCCCCCCCCC)C1. The first-order valence-electron chi connectivity index (χ1n) is 21.9. The van der Waals surface area contributed by atoms with Crippen molar-refractivity contribution in [3.63, 3.8) is 0 Å². The van der Waals surface area contributed by atoms with E-state index in [-0.39, 0.29) is 0 Å². The van der Waals surface area contributed by atoms with E-state index in [0.717, 1.165) is 0 Å². The van der Waals surface area contributed by atoms with Gasteiger partial charge in [0.05, 0.1) is 0 Å². The van der Waals surface area contributed by atoms with Crippen LogP contribution in [0.4, 0.5) is 0 Å². The summed E-state index contributed by atoms with van der Waals surface area (Å²) >= 11 is 0. The molecule has 1 aliphatic carbocycles. The molecule has 0 saturated carbocycles. The van der Waals surface area contributed by atoms with E-state index in [9.17, 15) is 0 Å². The van der Waals surface area contributed by atoms with Crippen molar-refractivity contribution in [2.75, 3.05) is 0 Å². The molecule has 0 heterocycles. The summed E-state index contributed by atoms with van der Waals surface area (Å²) in [6.45, 7) is 9.35. The molecule has 0 N–H and O–H groups in total. The Balaban J connectivity index is 2.69. The zero-order valence-electron chi connectivity index (χ0n) is 32.3. The van der Waals surface area contributed by atoms with E-state index in [0.29, 0.717) is 10.8 Å². The van der Waals surface area contributed by atoms with Crippen LogP contribution in [0.3, 0.4) is 0 Å². The van der Waals surface area contributed by atoms with Crippen LogP contribution in [0, 0.1) is 10.8 Å². The van der Waals surface area contributed by atoms with Gasteiger partial charge in [0.25, 0.3) is 0 Å². The van der Waals surface area contributed by atoms with Crippen LogP contribution in [-0.2, 0) is 0 Å². The zero-order chi connectivity index (χ0) is 32.6. The maximum atomic E-state index is 2.84. The molecule has 0 unspecified atom stereocenters. The molecule has 0 nitrogen and oxygen atoms in total. The van der Waals surface area contributed by atoms with Crippen LogP contribution < -0.4 is 0 Å². The maximum Gasteiger partial charge on any atom is -0.0110 e. The van der Waals surface area contributed by atoms with Crippen LogP contribution in [0.2, 0.25) is 0 Å². The highest BCUT2D eigenvalue weighted by atomic mass is 14.5. The molecule has 1 aliphatic rings. The fraction of sp³-hybridized carbons (Fsp3) is 0.956. The summed E-state index contributed by atoms with van der Waals surface area (Å²) in [5.41, 5.74) is 1.04. The quantitative estimate of drug-likeness (QED) is 0.0478. The van der Waals surface area contributed by atoms with Crippen molar-refractivity contribution >= 4 is 0 Å². The van der Waals surface area contributed by atoms with Gasteiger partial charge < -0.3 is 0 Å². The van der Waals surface area contributed by atoms with E-state index in [1.54, 1.807) is 0 Å². The van der Waals surface area contributed by atoms with Crippen LogP contribution in [0.15, 0.2) is 12.2 Å². The Morgan fingerprint density at radius 3 is 0.644 bits per heavy atom. The minimum Gasteiger partial charge on any atom is -0.0817 e. The van der Waals surface area contributed by atoms with Crippen molar-refractivity contribution in [2.24, 2.45) is 10.8 Å². The molecule has 0 heteroatoms. The summed E-state index contributed by atoms with van der Waals surface area (Å²) in [6, 6.07) is 0. The molecule has 45 heavy (non-hydrogen) atoms. The highest BCUT2D eigenvalue weighted by Crippen LogP contribution is 2.54. The van der Waals surface area contributed by atoms with E-state index < -0.39 is 0 Å². The lowest BCUT2D eigenvalue weighted by Crippen LogP contribution is -2.24. The molecule has 0 aromatic heterocycles. The predicted molar refractivity (Wildman–Crippen MR) is 208 cm³/mol. The van der Waals surface area contributed by atoms with Crippen molar-refractivity contribution in [1.82, 2.24) is 0 Å². The van der Waals surface area contributed by atoms with Crippen molar-refractivity contribution in [3.8, 4) is 0 Å². The third kappa shape index (κ3) is 23.7. The summed E-state index contributed by atoms with van der Waals surface area (Å²) < 4.78 is 0. The van der Waals surface area contributed by atoms with Gasteiger partial charge in [0.15, 0.2) is 0 Å². The molecule has 0 aromatic carbocycles. The fourth-order valence-electron chi connectivity index (χ4n) is 8.55. The number of allylic oxidation sites excluding steroid dienone is 2. The maximum absolute atomic E-state index is 2.84. The second-order valence-corrected chi connectivity index (χ2v) is 16.1. The Hall–Kier alpha value is -0.260. The molecule has 0 bridgehead atoms. The number of unbranched alkanes of at least 4 members (excludes halogenated alkanes) is 28. The minimum absolute atomic E-state index is 0.519. The van der Waals surface area contributed by atoms with Gasteiger partial charge in [-0.15, -0.1) is 0 Å². The lowest BCUT2D eigenvalue weighted by molar-refractivity contribution is 0.183. The van der Waals surface area contributed by atoms with Crippen LogP contribution in [-0.4, -0.2) is 0 Å².